The monoisotopic (exact) mass is 605 g/mol. The number of halogens is 1. The lowest BCUT2D eigenvalue weighted by molar-refractivity contribution is -0.142. The Hall–Kier alpha value is -2.16. The molecule has 2 aromatic rings. The van der Waals surface area contributed by atoms with E-state index in [0.29, 0.717) is 12.8 Å². The standard InChI is InChI=1S/C30H44BrNO5Si/c1-29(2,3)36-28(35)32-25(19-21-12-10-9-11-13-21)26(37-38(7,8)30(4,5)6)20-23(27(33)34)18-22-14-16-24(31)17-15-22/h9-17,23,25-26H,18-20H2,1-8H3,(H,32,35)(H,33,34)/t23?,25?,26-/m0/s1. The highest BCUT2D eigenvalue weighted by Gasteiger charge is 2.42. The topological polar surface area (TPSA) is 84.9 Å². The Balaban J connectivity index is 2.47. The average Bonchev–Trinajstić information content (AvgIpc) is 2.77. The summed E-state index contributed by atoms with van der Waals surface area (Å²) in [6.07, 6.45) is 0.0434. The highest BCUT2D eigenvalue weighted by atomic mass is 79.9. The molecule has 0 aliphatic heterocycles. The van der Waals surface area contributed by atoms with Gasteiger partial charge in [-0.05, 0) is 81.4 Å². The maximum atomic E-state index is 13.0. The molecule has 210 valence electrons. The predicted molar refractivity (Wildman–Crippen MR) is 159 cm³/mol. The van der Waals surface area contributed by atoms with Crippen molar-refractivity contribution >= 4 is 36.3 Å². The number of benzene rings is 2. The van der Waals surface area contributed by atoms with Gasteiger partial charge in [-0.15, -0.1) is 0 Å². The normalized spacial score (nSPS) is 14.9. The fourth-order valence-corrected chi connectivity index (χ4v) is 5.54. The minimum atomic E-state index is -2.34. The molecule has 2 unspecified atom stereocenters. The fourth-order valence-electron chi connectivity index (χ4n) is 3.91. The van der Waals surface area contributed by atoms with Gasteiger partial charge in [0.25, 0.3) is 0 Å². The lowest BCUT2D eigenvalue weighted by atomic mass is 9.89. The van der Waals surface area contributed by atoms with Crippen LogP contribution in [0.3, 0.4) is 0 Å². The van der Waals surface area contributed by atoms with Gasteiger partial charge in [0.2, 0.25) is 0 Å². The number of carbonyl (C=O) groups is 2. The van der Waals surface area contributed by atoms with Crippen LogP contribution in [0.2, 0.25) is 18.1 Å². The van der Waals surface area contributed by atoms with Crippen LogP contribution in [0.1, 0.15) is 59.1 Å². The van der Waals surface area contributed by atoms with Gasteiger partial charge in [-0.1, -0.05) is 79.2 Å². The Morgan fingerprint density at radius 2 is 1.47 bits per heavy atom. The van der Waals surface area contributed by atoms with Gasteiger partial charge in [0.15, 0.2) is 8.32 Å². The van der Waals surface area contributed by atoms with E-state index in [1.54, 1.807) is 0 Å². The lowest BCUT2D eigenvalue weighted by Crippen LogP contribution is -2.54. The number of nitrogens with one attached hydrogen (secondary N) is 1. The molecule has 0 saturated carbocycles. The summed E-state index contributed by atoms with van der Waals surface area (Å²) in [7, 11) is -2.34. The molecule has 38 heavy (non-hydrogen) atoms. The zero-order valence-corrected chi connectivity index (χ0v) is 26.6. The van der Waals surface area contributed by atoms with E-state index in [-0.39, 0.29) is 11.5 Å². The molecule has 0 fully saturated rings. The third kappa shape index (κ3) is 10.5. The maximum Gasteiger partial charge on any atom is 0.407 e. The van der Waals surface area contributed by atoms with Crippen molar-refractivity contribution in [1.82, 2.24) is 5.32 Å². The summed E-state index contributed by atoms with van der Waals surface area (Å²) < 4.78 is 13.4. The second kappa shape index (κ2) is 13.3. The van der Waals surface area contributed by atoms with Crippen molar-refractivity contribution in [2.75, 3.05) is 0 Å². The number of alkyl carbamates (subject to hydrolysis) is 1. The largest absolute Gasteiger partial charge is 0.481 e. The van der Waals surface area contributed by atoms with Crippen LogP contribution in [-0.4, -0.2) is 43.2 Å². The van der Waals surface area contributed by atoms with E-state index in [0.717, 1.165) is 15.6 Å². The molecule has 0 saturated heterocycles. The van der Waals surface area contributed by atoms with Crippen molar-refractivity contribution < 1.29 is 23.9 Å². The van der Waals surface area contributed by atoms with Crippen molar-refractivity contribution in [2.24, 2.45) is 5.92 Å². The minimum absolute atomic E-state index is 0.0983. The summed E-state index contributed by atoms with van der Waals surface area (Å²) in [5.41, 5.74) is 1.30. The molecule has 6 nitrogen and oxygen atoms in total. The number of hydrogen-bond donors (Lipinski definition) is 2. The molecule has 8 heteroatoms. The Morgan fingerprint density at radius 3 is 1.97 bits per heavy atom. The van der Waals surface area contributed by atoms with Gasteiger partial charge >= 0.3 is 12.1 Å². The van der Waals surface area contributed by atoms with Gasteiger partial charge in [0.05, 0.1) is 18.1 Å². The van der Waals surface area contributed by atoms with E-state index in [4.69, 9.17) is 9.16 Å². The molecule has 1 amide bonds. The van der Waals surface area contributed by atoms with Gasteiger partial charge in [-0.3, -0.25) is 4.79 Å². The summed E-state index contributed by atoms with van der Waals surface area (Å²) in [5.74, 6) is -1.57. The molecule has 0 bridgehead atoms. The number of aliphatic carboxylic acids is 1. The first-order valence-electron chi connectivity index (χ1n) is 13.2. The third-order valence-electron chi connectivity index (χ3n) is 6.96. The summed E-state index contributed by atoms with van der Waals surface area (Å²) in [5, 5.41) is 13.2. The molecular formula is C30H44BrNO5Si. The van der Waals surface area contributed by atoms with Crippen LogP contribution in [-0.2, 0) is 26.8 Å². The number of hydrogen-bond acceptors (Lipinski definition) is 4. The van der Waals surface area contributed by atoms with Crippen LogP contribution < -0.4 is 5.32 Å². The molecule has 0 aromatic heterocycles. The summed E-state index contributed by atoms with van der Waals surface area (Å²) in [4.78, 5) is 25.5. The van der Waals surface area contributed by atoms with E-state index in [1.807, 2.05) is 75.4 Å². The number of amides is 1. The molecule has 0 heterocycles. The lowest BCUT2D eigenvalue weighted by Gasteiger charge is -2.42. The first-order chi connectivity index (χ1) is 17.5. The zero-order chi connectivity index (χ0) is 28.7. The van der Waals surface area contributed by atoms with Gasteiger partial charge in [-0.25, -0.2) is 4.79 Å². The Labute approximate surface area is 237 Å². The van der Waals surface area contributed by atoms with Gasteiger partial charge < -0.3 is 19.6 Å². The molecule has 2 N–H and O–H groups in total. The third-order valence-corrected chi connectivity index (χ3v) is 12.0. The second-order valence-corrected chi connectivity index (χ2v) is 18.1. The SMILES string of the molecule is CC(C)(C)OC(=O)NC(Cc1ccccc1)[C@H](CC(Cc1ccc(Br)cc1)C(=O)O)O[Si](C)(C)C(C)(C)C. The molecule has 2 aromatic carbocycles. The first-order valence-corrected chi connectivity index (χ1v) is 16.9. The van der Waals surface area contributed by atoms with Crippen LogP contribution in [0.5, 0.6) is 0 Å². The Kier molecular flexibility index (Phi) is 11.2. The highest BCUT2D eigenvalue weighted by Crippen LogP contribution is 2.39. The van der Waals surface area contributed by atoms with Crippen LogP contribution in [0.4, 0.5) is 4.79 Å². The van der Waals surface area contributed by atoms with E-state index >= 15 is 0 Å². The number of rotatable bonds is 11. The van der Waals surface area contributed by atoms with E-state index in [2.05, 4.69) is 55.1 Å². The number of carbonyl (C=O) groups excluding carboxylic acids is 1. The minimum Gasteiger partial charge on any atom is -0.481 e. The van der Waals surface area contributed by atoms with Crippen LogP contribution in [0.15, 0.2) is 59.1 Å². The van der Waals surface area contributed by atoms with Crippen molar-refractivity contribution in [3.63, 3.8) is 0 Å². The van der Waals surface area contributed by atoms with Crippen LogP contribution in [0, 0.1) is 5.92 Å². The number of carboxylic acids is 1. The Morgan fingerprint density at radius 1 is 0.921 bits per heavy atom. The average molecular weight is 607 g/mol. The molecule has 0 aliphatic carbocycles. The highest BCUT2D eigenvalue weighted by molar-refractivity contribution is 9.10. The van der Waals surface area contributed by atoms with Crippen LogP contribution >= 0.6 is 15.9 Å². The molecule has 0 aliphatic rings. The Bertz CT molecular complexity index is 1050. The summed E-state index contributed by atoms with van der Waals surface area (Å²) >= 11 is 3.44. The maximum absolute atomic E-state index is 13.0. The predicted octanol–water partition coefficient (Wildman–Crippen LogP) is 7.61. The number of ether oxygens (including phenoxy) is 1. The summed E-state index contributed by atoms with van der Waals surface area (Å²) in [6, 6.07) is 17.1. The van der Waals surface area contributed by atoms with Crippen molar-refractivity contribution in [3.05, 3.63) is 70.2 Å². The number of carboxylic acid groups (broad SMARTS) is 1. The zero-order valence-electron chi connectivity index (χ0n) is 24.0. The quantitative estimate of drug-likeness (QED) is 0.257. The molecule has 0 spiro atoms. The van der Waals surface area contributed by atoms with Gasteiger partial charge in [0, 0.05) is 4.47 Å². The van der Waals surface area contributed by atoms with Crippen molar-refractivity contribution in [2.45, 2.75) is 96.7 Å². The molecular weight excluding hydrogens is 562 g/mol. The smallest absolute Gasteiger partial charge is 0.407 e. The van der Waals surface area contributed by atoms with Crippen molar-refractivity contribution in [1.29, 1.82) is 0 Å². The van der Waals surface area contributed by atoms with Crippen LogP contribution in [0.25, 0.3) is 0 Å². The first kappa shape index (κ1) is 32.1. The second-order valence-electron chi connectivity index (χ2n) is 12.5. The molecule has 3 atom stereocenters. The van der Waals surface area contributed by atoms with E-state index < -0.39 is 44.0 Å². The van der Waals surface area contributed by atoms with Gasteiger partial charge in [-0.2, -0.15) is 0 Å². The van der Waals surface area contributed by atoms with E-state index in [1.165, 1.54) is 0 Å². The summed E-state index contributed by atoms with van der Waals surface area (Å²) in [6.45, 7) is 16.2. The fraction of sp³-hybridized carbons (Fsp3) is 0.533. The van der Waals surface area contributed by atoms with Gasteiger partial charge in [0.1, 0.15) is 5.60 Å². The molecule has 0 radical (unpaired) electrons. The van der Waals surface area contributed by atoms with E-state index in [9.17, 15) is 14.7 Å². The van der Waals surface area contributed by atoms with Crippen molar-refractivity contribution in [3.8, 4) is 0 Å². The molecule has 2 rings (SSSR count).